The quantitative estimate of drug-likeness (QED) is 0.110. The SMILES string of the molecule is O=C(O)CCCCCC(=O)Nc1ccc([C@@H]2O[C@H](CN(Cc3ccccc3)Cc3ccccc3)C[C@H](c3ccc(CO)cc3)O2)cc1. The van der Waals surface area contributed by atoms with Gasteiger partial charge < -0.3 is 25.0 Å². The van der Waals surface area contributed by atoms with Crippen molar-refractivity contribution in [3.63, 3.8) is 0 Å². The molecule has 0 unspecified atom stereocenters. The average molecular weight is 637 g/mol. The third kappa shape index (κ3) is 10.9. The van der Waals surface area contributed by atoms with E-state index >= 15 is 0 Å². The van der Waals surface area contributed by atoms with Gasteiger partial charge in [-0.3, -0.25) is 14.5 Å². The number of rotatable bonds is 16. The van der Waals surface area contributed by atoms with Crippen LogP contribution in [0.4, 0.5) is 5.69 Å². The predicted octanol–water partition coefficient (Wildman–Crippen LogP) is 7.40. The largest absolute Gasteiger partial charge is 0.481 e. The van der Waals surface area contributed by atoms with Crippen LogP contribution in [0.25, 0.3) is 0 Å². The van der Waals surface area contributed by atoms with Crippen molar-refractivity contribution in [2.75, 3.05) is 11.9 Å². The second-order valence-corrected chi connectivity index (χ2v) is 12.1. The van der Waals surface area contributed by atoms with E-state index in [0.717, 1.165) is 29.8 Å². The first-order chi connectivity index (χ1) is 22.9. The molecule has 47 heavy (non-hydrogen) atoms. The topological polar surface area (TPSA) is 108 Å². The maximum Gasteiger partial charge on any atom is 0.303 e. The highest BCUT2D eigenvalue weighted by Crippen LogP contribution is 2.38. The first-order valence-electron chi connectivity index (χ1n) is 16.4. The summed E-state index contributed by atoms with van der Waals surface area (Å²) in [6.45, 7) is 2.26. The van der Waals surface area contributed by atoms with Crippen LogP contribution in [0, 0.1) is 0 Å². The number of carboxylic acid groups (broad SMARTS) is 1. The Morgan fingerprint density at radius 3 is 1.89 bits per heavy atom. The van der Waals surface area contributed by atoms with Crippen LogP contribution in [0.15, 0.2) is 109 Å². The van der Waals surface area contributed by atoms with Gasteiger partial charge >= 0.3 is 5.97 Å². The third-order valence-electron chi connectivity index (χ3n) is 8.34. The number of carbonyl (C=O) groups is 2. The number of aliphatic hydroxyl groups excluding tert-OH is 1. The van der Waals surface area contributed by atoms with Crippen LogP contribution in [0.2, 0.25) is 0 Å². The maximum atomic E-state index is 12.5. The number of hydrogen-bond acceptors (Lipinski definition) is 6. The fourth-order valence-electron chi connectivity index (χ4n) is 5.87. The van der Waals surface area contributed by atoms with Crippen LogP contribution >= 0.6 is 0 Å². The van der Waals surface area contributed by atoms with Gasteiger partial charge in [0.05, 0.1) is 18.8 Å². The second kappa shape index (κ2) is 17.5. The zero-order valence-corrected chi connectivity index (χ0v) is 26.7. The summed E-state index contributed by atoms with van der Waals surface area (Å²) in [5.41, 5.74) is 5.90. The van der Waals surface area contributed by atoms with Crippen molar-refractivity contribution < 1.29 is 29.3 Å². The van der Waals surface area contributed by atoms with Gasteiger partial charge in [0.15, 0.2) is 6.29 Å². The summed E-state index contributed by atoms with van der Waals surface area (Å²) in [7, 11) is 0. The minimum Gasteiger partial charge on any atom is -0.481 e. The number of ether oxygens (including phenoxy) is 2. The molecule has 3 N–H and O–H groups in total. The van der Waals surface area contributed by atoms with Crippen molar-refractivity contribution >= 4 is 17.6 Å². The van der Waals surface area contributed by atoms with Crippen LogP contribution in [-0.4, -0.2) is 39.6 Å². The standard InChI is InChI=1S/C39H44N2O6/c42-28-31-16-18-32(19-17-31)36-24-35(27-41(25-29-10-4-1-5-11-29)26-30-12-6-2-7-13-30)46-39(47-36)33-20-22-34(23-21-33)40-37(43)14-8-3-9-15-38(44)45/h1-2,4-7,10-13,16-23,35-36,39,42H,3,8-9,14-15,24-28H2,(H,40,43)(H,44,45)/t35-,36+,39+/m0/s1. The lowest BCUT2D eigenvalue weighted by atomic mass is 9.99. The van der Waals surface area contributed by atoms with Crippen molar-refractivity contribution in [1.82, 2.24) is 4.90 Å². The lowest BCUT2D eigenvalue weighted by molar-refractivity contribution is -0.253. The van der Waals surface area contributed by atoms with Crippen LogP contribution < -0.4 is 5.32 Å². The van der Waals surface area contributed by atoms with Gasteiger partial charge in [-0.25, -0.2) is 0 Å². The van der Waals surface area contributed by atoms with E-state index in [1.807, 2.05) is 60.7 Å². The number of nitrogens with one attached hydrogen (secondary N) is 1. The molecule has 3 atom stereocenters. The molecule has 0 bridgehead atoms. The van der Waals surface area contributed by atoms with E-state index in [2.05, 4.69) is 58.7 Å². The first-order valence-corrected chi connectivity index (χ1v) is 16.4. The number of benzene rings is 4. The van der Waals surface area contributed by atoms with Gasteiger partial charge in [-0.15, -0.1) is 0 Å². The molecule has 1 saturated heterocycles. The van der Waals surface area contributed by atoms with Gasteiger partial charge in [0, 0.05) is 50.1 Å². The number of carbonyl (C=O) groups excluding carboxylic acids is 1. The number of anilines is 1. The normalized spacial score (nSPS) is 17.8. The van der Waals surface area contributed by atoms with Crippen molar-refractivity contribution in [2.24, 2.45) is 0 Å². The molecule has 246 valence electrons. The summed E-state index contributed by atoms with van der Waals surface area (Å²) >= 11 is 0. The highest BCUT2D eigenvalue weighted by molar-refractivity contribution is 5.90. The molecule has 1 aliphatic heterocycles. The Morgan fingerprint density at radius 1 is 0.702 bits per heavy atom. The van der Waals surface area contributed by atoms with E-state index in [1.165, 1.54) is 11.1 Å². The highest BCUT2D eigenvalue weighted by atomic mass is 16.7. The molecule has 1 amide bonds. The molecular weight excluding hydrogens is 592 g/mol. The van der Waals surface area contributed by atoms with Gasteiger partial charge in [0.2, 0.25) is 5.91 Å². The van der Waals surface area contributed by atoms with Gasteiger partial charge in [-0.1, -0.05) is 103 Å². The van der Waals surface area contributed by atoms with Gasteiger partial charge in [0.25, 0.3) is 0 Å². The van der Waals surface area contributed by atoms with E-state index in [9.17, 15) is 14.7 Å². The first kappa shape index (κ1) is 34.0. The third-order valence-corrected chi connectivity index (χ3v) is 8.34. The summed E-state index contributed by atoms with van der Waals surface area (Å²) in [5.74, 6) is -0.906. The molecule has 4 aromatic carbocycles. The smallest absolute Gasteiger partial charge is 0.303 e. The molecule has 0 aromatic heterocycles. The Kier molecular flexibility index (Phi) is 12.7. The Hall–Kier alpha value is -4.34. The second-order valence-electron chi connectivity index (χ2n) is 12.1. The van der Waals surface area contributed by atoms with E-state index in [1.54, 1.807) is 0 Å². The van der Waals surface area contributed by atoms with Gasteiger partial charge in [-0.05, 0) is 47.2 Å². The molecule has 1 fully saturated rings. The minimum absolute atomic E-state index is 0.0122. The van der Waals surface area contributed by atoms with Gasteiger partial charge in [0.1, 0.15) is 0 Å². The van der Waals surface area contributed by atoms with Crippen molar-refractivity contribution in [3.8, 4) is 0 Å². The molecule has 0 aliphatic carbocycles. The van der Waals surface area contributed by atoms with Crippen molar-refractivity contribution in [3.05, 3.63) is 137 Å². The lowest BCUT2D eigenvalue weighted by Gasteiger charge is -2.38. The molecule has 8 heteroatoms. The van der Waals surface area contributed by atoms with Gasteiger partial charge in [-0.2, -0.15) is 0 Å². The minimum atomic E-state index is -0.811. The molecule has 1 aliphatic rings. The number of amides is 1. The Bertz CT molecular complexity index is 1490. The summed E-state index contributed by atoms with van der Waals surface area (Å²) in [6, 6.07) is 36.4. The zero-order chi connectivity index (χ0) is 32.8. The number of aliphatic hydroxyl groups is 1. The van der Waals surface area contributed by atoms with Crippen molar-refractivity contribution in [1.29, 1.82) is 0 Å². The van der Waals surface area contributed by atoms with Crippen LogP contribution in [0.3, 0.4) is 0 Å². The number of aliphatic carboxylic acids is 1. The Balaban J connectivity index is 1.29. The number of nitrogens with zero attached hydrogens (tertiary/aromatic N) is 1. The number of hydrogen-bond donors (Lipinski definition) is 3. The van der Waals surface area contributed by atoms with Crippen LogP contribution in [-0.2, 0) is 38.8 Å². The highest BCUT2D eigenvalue weighted by Gasteiger charge is 2.33. The monoisotopic (exact) mass is 636 g/mol. The Morgan fingerprint density at radius 2 is 1.30 bits per heavy atom. The Labute approximate surface area is 277 Å². The summed E-state index contributed by atoms with van der Waals surface area (Å²) in [4.78, 5) is 25.6. The lowest BCUT2D eigenvalue weighted by Crippen LogP contribution is -2.39. The van der Waals surface area contributed by atoms with Crippen LogP contribution in [0.5, 0.6) is 0 Å². The molecule has 4 aromatic rings. The molecule has 0 spiro atoms. The van der Waals surface area contributed by atoms with E-state index in [-0.39, 0.29) is 31.1 Å². The van der Waals surface area contributed by atoms with E-state index < -0.39 is 12.3 Å². The molecule has 8 nitrogen and oxygen atoms in total. The van der Waals surface area contributed by atoms with Crippen LogP contribution in [0.1, 0.15) is 78.7 Å². The fraction of sp³-hybridized carbons (Fsp3) is 0.333. The van der Waals surface area contributed by atoms with E-state index in [0.29, 0.717) is 44.3 Å². The fourth-order valence-corrected chi connectivity index (χ4v) is 5.87. The number of carboxylic acids is 1. The molecule has 0 saturated carbocycles. The number of unbranched alkanes of at least 4 members (excludes halogenated alkanes) is 2. The molecule has 5 rings (SSSR count). The summed E-state index contributed by atoms with van der Waals surface area (Å²) < 4.78 is 13.2. The zero-order valence-electron chi connectivity index (χ0n) is 26.7. The van der Waals surface area contributed by atoms with Crippen molar-refractivity contribution in [2.45, 2.75) is 76.7 Å². The average Bonchev–Trinajstić information content (AvgIpc) is 3.09. The maximum absolute atomic E-state index is 12.5. The predicted molar refractivity (Wildman–Crippen MR) is 181 cm³/mol. The molecular formula is C39H44N2O6. The summed E-state index contributed by atoms with van der Waals surface area (Å²) in [6.07, 6.45) is 2.14. The molecule has 1 heterocycles. The molecule has 0 radical (unpaired) electrons. The summed E-state index contributed by atoms with van der Waals surface area (Å²) in [5, 5.41) is 21.3. The van der Waals surface area contributed by atoms with E-state index in [4.69, 9.17) is 14.6 Å².